The zero-order valence-corrected chi connectivity index (χ0v) is 16.9. The molecule has 3 amide bonds. The Hall–Kier alpha value is -2.41. The highest BCUT2D eigenvalue weighted by atomic mass is 16.2. The van der Waals surface area contributed by atoms with Crippen molar-refractivity contribution in [1.29, 1.82) is 0 Å². The first-order chi connectivity index (χ1) is 13.3. The van der Waals surface area contributed by atoms with E-state index in [1.54, 1.807) is 0 Å². The summed E-state index contributed by atoms with van der Waals surface area (Å²) in [5.41, 5.74) is 7.19. The number of nitrogens with two attached hydrogens (primary N) is 1. The van der Waals surface area contributed by atoms with Gasteiger partial charge in [-0.1, -0.05) is 26.0 Å². The monoisotopic (exact) mass is 388 g/mol. The Morgan fingerprint density at radius 2 is 1.89 bits per heavy atom. The van der Waals surface area contributed by atoms with Gasteiger partial charge >= 0.3 is 0 Å². The summed E-state index contributed by atoms with van der Waals surface area (Å²) >= 11 is 0. The molecule has 2 rings (SSSR count). The van der Waals surface area contributed by atoms with Gasteiger partial charge < -0.3 is 16.4 Å². The number of anilines is 1. The number of carbonyl (C=O) groups is 3. The Bertz CT molecular complexity index is 682. The maximum atomic E-state index is 12.1. The number of hydrogen-bond acceptors (Lipinski definition) is 4. The number of nitrogens with zero attached hydrogens (tertiary/aromatic N) is 1. The highest BCUT2D eigenvalue weighted by Gasteiger charge is 2.23. The van der Waals surface area contributed by atoms with Gasteiger partial charge in [0.25, 0.3) is 0 Å². The van der Waals surface area contributed by atoms with Gasteiger partial charge in [0.1, 0.15) is 0 Å². The minimum atomic E-state index is -0.239. The molecule has 1 aromatic rings. The van der Waals surface area contributed by atoms with Gasteiger partial charge in [-0.15, -0.1) is 0 Å². The minimum absolute atomic E-state index is 0.0161. The number of hydrogen-bond donors (Lipinski definition) is 3. The summed E-state index contributed by atoms with van der Waals surface area (Å²) in [6.45, 7) is 6.54. The first kappa shape index (κ1) is 21.9. The Morgan fingerprint density at radius 3 is 2.54 bits per heavy atom. The second-order valence-corrected chi connectivity index (χ2v) is 7.91. The van der Waals surface area contributed by atoms with E-state index >= 15 is 0 Å². The van der Waals surface area contributed by atoms with Crippen molar-refractivity contribution < 1.29 is 14.4 Å². The fourth-order valence-corrected chi connectivity index (χ4v) is 3.27. The Kier molecular flexibility index (Phi) is 8.44. The van der Waals surface area contributed by atoms with E-state index in [2.05, 4.69) is 29.4 Å². The number of rotatable bonds is 9. The summed E-state index contributed by atoms with van der Waals surface area (Å²) in [5, 5.41) is 5.48. The fraction of sp³-hybridized carbons (Fsp3) is 0.571. The van der Waals surface area contributed by atoms with Crippen LogP contribution in [0.4, 0.5) is 5.69 Å². The molecule has 1 fully saturated rings. The fourth-order valence-electron chi connectivity index (χ4n) is 3.27. The number of primary amides is 1. The number of benzene rings is 1. The number of likely N-dealkylation sites (tertiary alicyclic amines) is 1. The lowest BCUT2D eigenvalue weighted by Gasteiger charge is -2.30. The molecule has 1 aromatic carbocycles. The predicted octanol–water partition coefficient (Wildman–Crippen LogP) is 1.87. The van der Waals surface area contributed by atoms with Crippen molar-refractivity contribution in [1.82, 2.24) is 10.2 Å². The van der Waals surface area contributed by atoms with Crippen molar-refractivity contribution in [2.24, 2.45) is 17.6 Å². The van der Waals surface area contributed by atoms with Crippen LogP contribution in [0.5, 0.6) is 0 Å². The molecule has 154 valence electrons. The van der Waals surface area contributed by atoms with Crippen LogP contribution in [0.3, 0.4) is 0 Å². The normalized spacial score (nSPS) is 15.4. The quantitative estimate of drug-likeness (QED) is 0.601. The highest BCUT2D eigenvalue weighted by Crippen LogP contribution is 2.20. The van der Waals surface area contributed by atoms with Crippen molar-refractivity contribution in [3.05, 3.63) is 29.8 Å². The molecule has 0 unspecified atom stereocenters. The standard InChI is InChI=1S/C21H32N4O3/c1-15(2)6-7-19(26)23-13-20(27)24-18-5-3-4-16(12-18)14-25-10-8-17(9-11-25)21(22)28/h3-5,12,15,17H,6-11,13-14H2,1-2H3,(H2,22,28)(H,23,26)(H,24,27). The molecule has 1 aliphatic heterocycles. The smallest absolute Gasteiger partial charge is 0.243 e. The molecule has 1 aliphatic rings. The van der Waals surface area contributed by atoms with Crippen LogP contribution < -0.4 is 16.4 Å². The van der Waals surface area contributed by atoms with Gasteiger partial charge in [0.15, 0.2) is 0 Å². The third kappa shape index (κ3) is 7.68. The van der Waals surface area contributed by atoms with Crippen LogP contribution in [-0.2, 0) is 20.9 Å². The zero-order chi connectivity index (χ0) is 20.5. The predicted molar refractivity (Wildman–Crippen MR) is 109 cm³/mol. The third-order valence-corrected chi connectivity index (χ3v) is 5.00. The Labute approximate surface area is 167 Å². The van der Waals surface area contributed by atoms with Crippen molar-refractivity contribution in [3.8, 4) is 0 Å². The van der Waals surface area contributed by atoms with Gasteiger partial charge in [0, 0.05) is 24.6 Å². The largest absolute Gasteiger partial charge is 0.369 e. The van der Waals surface area contributed by atoms with E-state index in [1.165, 1.54) is 0 Å². The molecule has 0 atom stereocenters. The summed E-state index contributed by atoms with van der Waals surface area (Å²) < 4.78 is 0. The average Bonchev–Trinajstić information content (AvgIpc) is 2.65. The highest BCUT2D eigenvalue weighted by molar-refractivity contribution is 5.94. The van der Waals surface area contributed by atoms with Crippen LogP contribution in [0.25, 0.3) is 0 Å². The molecule has 0 radical (unpaired) electrons. The van der Waals surface area contributed by atoms with Gasteiger partial charge in [-0.05, 0) is 56.0 Å². The molecule has 4 N–H and O–H groups in total. The Morgan fingerprint density at radius 1 is 1.18 bits per heavy atom. The zero-order valence-electron chi connectivity index (χ0n) is 16.9. The van der Waals surface area contributed by atoms with Crippen molar-refractivity contribution in [2.45, 2.75) is 46.1 Å². The molecule has 0 aliphatic carbocycles. The lowest BCUT2D eigenvalue weighted by molar-refractivity contribution is -0.124. The van der Waals surface area contributed by atoms with Crippen LogP contribution in [0.2, 0.25) is 0 Å². The van der Waals surface area contributed by atoms with E-state index < -0.39 is 0 Å². The molecular formula is C21H32N4O3. The van der Waals surface area contributed by atoms with Crippen LogP contribution in [0.15, 0.2) is 24.3 Å². The lowest BCUT2D eigenvalue weighted by atomic mass is 9.96. The van der Waals surface area contributed by atoms with Crippen LogP contribution in [0, 0.1) is 11.8 Å². The van der Waals surface area contributed by atoms with Crippen molar-refractivity contribution in [3.63, 3.8) is 0 Å². The minimum Gasteiger partial charge on any atom is -0.369 e. The average molecular weight is 389 g/mol. The van der Waals surface area contributed by atoms with Crippen LogP contribution in [-0.4, -0.2) is 42.3 Å². The lowest BCUT2D eigenvalue weighted by Crippen LogP contribution is -2.38. The molecule has 0 spiro atoms. The summed E-state index contributed by atoms with van der Waals surface area (Å²) in [4.78, 5) is 37.3. The first-order valence-electron chi connectivity index (χ1n) is 10.0. The van der Waals surface area contributed by atoms with E-state index in [0.29, 0.717) is 18.0 Å². The number of amides is 3. The van der Waals surface area contributed by atoms with E-state index in [9.17, 15) is 14.4 Å². The molecule has 28 heavy (non-hydrogen) atoms. The van der Waals surface area contributed by atoms with Crippen LogP contribution >= 0.6 is 0 Å². The van der Waals surface area contributed by atoms with Crippen molar-refractivity contribution >= 4 is 23.4 Å². The third-order valence-electron chi connectivity index (χ3n) is 5.00. The molecular weight excluding hydrogens is 356 g/mol. The van der Waals surface area contributed by atoms with Crippen molar-refractivity contribution in [2.75, 3.05) is 25.0 Å². The molecule has 1 saturated heterocycles. The summed E-state index contributed by atoms with van der Waals surface area (Å²) in [5.74, 6) is -0.100. The first-order valence-corrected chi connectivity index (χ1v) is 10.0. The SMILES string of the molecule is CC(C)CCC(=O)NCC(=O)Nc1cccc(CN2CCC(C(N)=O)CC2)c1. The van der Waals surface area contributed by atoms with E-state index in [-0.39, 0.29) is 30.2 Å². The maximum absolute atomic E-state index is 12.1. The number of carbonyl (C=O) groups excluding carboxylic acids is 3. The molecule has 0 aromatic heterocycles. The molecule has 0 saturated carbocycles. The second-order valence-electron chi connectivity index (χ2n) is 7.91. The van der Waals surface area contributed by atoms with Gasteiger partial charge in [0.2, 0.25) is 17.7 Å². The van der Waals surface area contributed by atoms with Gasteiger partial charge in [-0.2, -0.15) is 0 Å². The van der Waals surface area contributed by atoms with E-state index in [4.69, 9.17) is 5.73 Å². The topological polar surface area (TPSA) is 105 Å². The second kappa shape index (κ2) is 10.8. The Balaban J connectivity index is 1.77. The van der Waals surface area contributed by atoms with Gasteiger partial charge in [0.05, 0.1) is 6.54 Å². The summed E-state index contributed by atoms with van der Waals surface area (Å²) in [6.07, 6.45) is 2.84. The summed E-state index contributed by atoms with van der Waals surface area (Å²) in [7, 11) is 0. The molecule has 7 heteroatoms. The van der Waals surface area contributed by atoms with Gasteiger partial charge in [-0.3, -0.25) is 19.3 Å². The molecule has 0 bridgehead atoms. The molecule has 1 heterocycles. The number of nitrogens with one attached hydrogen (secondary N) is 2. The van der Waals surface area contributed by atoms with Gasteiger partial charge in [-0.25, -0.2) is 0 Å². The number of piperidine rings is 1. The summed E-state index contributed by atoms with van der Waals surface area (Å²) in [6, 6.07) is 7.70. The van der Waals surface area contributed by atoms with E-state index in [0.717, 1.165) is 44.5 Å². The van der Waals surface area contributed by atoms with Crippen LogP contribution in [0.1, 0.15) is 45.1 Å². The maximum Gasteiger partial charge on any atom is 0.243 e. The molecule has 7 nitrogen and oxygen atoms in total. The van der Waals surface area contributed by atoms with E-state index in [1.807, 2.05) is 24.3 Å².